The van der Waals surface area contributed by atoms with Gasteiger partial charge in [0.1, 0.15) is 0 Å². The zero-order valence-electron chi connectivity index (χ0n) is 15.2. The highest BCUT2D eigenvalue weighted by Gasteiger charge is 2.21. The van der Waals surface area contributed by atoms with E-state index in [0.29, 0.717) is 13.0 Å². The van der Waals surface area contributed by atoms with Crippen LogP contribution in [0.1, 0.15) is 24.8 Å². The highest BCUT2D eigenvalue weighted by atomic mass is 16.2. The number of benzene rings is 1. The van der Waals surface area contributed by atoms with E-state index < -0.39 is 0 Å². The van der Waals surface area contributed by atoms with Gasteiger partial charge in [0.25, 0.3) is 0 Å². The van der Waals surface area contributed by atoms with Gasteiger partial charge in [-0.25, -0.2) is 0 Å². The molecule has 138 valence electrons. The number of guanidine groups is 1. The van der Waals surface area contributed by atoms with Crippen LogP contribution in [0.5, 0.6) is 0 Å². The van der Waals surface area contributed by atoms with Gasteiger partial charge < -0.3 is 15.5 Å². The number of aryl methyl sites for hydroxylation is 1. The first kappa shape index (κ1) is 18.0. The Morgan fingerprint density at radius 2 is 2.12 bits per heavy atom. The summed E-state index contributed by atoms with van der Waals surface area (Å²) in [6.45, 7) is 3.22. The molecule has 1 aliphatic rings. The minimum Gasteiger partial charge on any atom is -0.356 e. The van der Waals surface area contributed by atoms with Crippen molar-refractivity contribution in [3.05, 3.63) is 48.3 Å². The zero-order chi connectivity index (χ0) is 18.2. The van der Waals surface area contributed by atoms with Crippen LogP contribution < -0.4 is 15.5 Å². The van der Waals surface area contributed by atoms with Crippen molar-refractivity contribution in [2.75, 3.05) is 25.0 Å². The van der Waals surface area contributed by atoms with E-state index in [2.05, 4.69) is 32.9 Å². The van der Waals surface area contributed by atoms with Gasteiger partial charge in [0.2, 0.25) is 5.91 Å². The summed E-state index contributed by atoms with van der Waals surface area (Å²) in [5.74, 6) is 1.000. The van der Waals surface area contributed by atoms with E-state index >= 15 is 0 Å². The first-order chi connectivity index (χ1) is 12.8. The summed E-state index contributed by atoms with van der Waals surface area (Å²) < 4.78 is 1.92. The van der Waals surface area contributed by atoms with Gasteiger partial charge >= 0.3 is 0 Å². The van der Waals surface area contributed by atoms with Gasteiger partial charge in [-0.3, -0.25) is 14.5 Å². The molecular weight excluding hydrogens is 328 g/mol. The largest absolute Gasteiger partial charge is 0.356 e. The highest BCUT2D eigenvalue weighted by Crippen LogP contribution is 2.21. The summed E-state index contributed by atoms with van der Waals surface area (Å²) in [6.07, 6.45) is 6.34. The molecule has 0 atom stereocenters. The fourth-order valence-corrected chi connectivity index (χ4v) is 3.00. The minimum atomic E-state index is 0.218. The third kappa shape index (κ3) is 4.84. The van der Waals surface area contributed by atoms with Crippen LogP contribution >= 0.6 is 0 Å². The number of amides is 1. The quantitative estimate of drug-likeness (QED) is 0.451. The van der Waals surface area contributed by atoms with Gasteiger partial charge in [0.05, 0.1) is 0 Å². The summed E-state index contributed by atoms with van der Waals surface area (Å²) in [4.78, 5) is 17.9. The van der Waals surface area contributed by atoms with Crippen LogP contribution in [0, 0.1) is 0 Å². The smallest absolute Gasteiger partial charge is 0.227 e. The first-order valence-corrected chi connectivity index (χ1v) is 9.07. The van der Waals surface area contributed by atoms with E-state index in [-0.39, 0.29) is 5.91 Å². The Bertz CT molecular complexity index is 723. The summed E-state index contributed by atoms with van der Waals surface area (Å²) in [7, 11) is 1.77. The van der Waals surface area contributed by atoms with Crippen molar-refractivity contribution in [2.24, 2.45) is 4.99 Å². The standard InChI is InChI=1S/C19H26N6O/c1-20-19(21-10-3-12-24-13-4-11-23-24)22-15-16-6-8-17(9-7-16)25-14-2-5-18(25)26/h4,6-9,11,13H,2-3,5,10,12,14-15H2,1H3,(H2,20,21,22). The Balaban J connectivity index is 1.41. The molecule has 0 bridgehead atoms. The van der Waals surface area contributed by atoms with Crippen molar-refractivity contribution in [3.63, 3.8) is 0 Å². The molecule has 0 unspecified atom stereocenters. The van der Waals surface area contributed by atoms with Crippen molar-refractivity contribution in [1.29, 1.82) is 0 Å². The molecule has 2 aromatic rings. The maximum atomic E-state index is 11.8. The van der Waals surface area contributed by atoms with Crippen LogP contribution in [0.3, 0.4) is 0 Å². The van der Waals surface area contributed by atoms with Gasteiger partial charge in [0, 0.05) is 57.7 Å². The number of rotatable bonds is 7. The number of carbonyl (C=O) groups excluding carboxylic acids is 1. The SMILES string of the molecule is CN=C(NCCCn1cccn1)NCc1ccc(N2CCCC2=O)cc1. The van der Waals surface area contributed by atoms with Gasteiger partial charge in [-0.2, -0.15) is 5.10 Å². The maximum absolute atomic E-state index is 11.8. The van der Waals surface area contributed by atoms with Crippen LogP contribution in [0.4, 0.5) is 5.69 Å². The predicted octanol–water partition coefficient (Wildman–Crippen LogP) is 1.77. The Labute approximate surface area is 154 Å². The normalized spacial score (nSPS) is 14.7. The number of hydrogen-bond acceptors (Lipinski definition) is 3. The van der Waals surface area contributed by atoms with Crippen molar-refractivity contribution in [2.45, 2.75) is 32.4 Å². The molecule has 0 radical (unpaired) electrons. The second-order valence-electron chi connectivity index (χ2n) is 6.29. The van der Waals surface area contributed by atoms with E-state index in [1.54, 1.807) is 13.2 Å². The van der Waals surface area contributed by atoms with Gasteiger partial charge in [-0.15, -0.1) is 0 Å². The third-order valence-corrected chi connectivity index (χ3v) is 4.42. The molecule has 1 amide bonds. The topological polar surface area (TPSA) is 74.6 Å². The summed E-state index contributed by atoms with van der Waals surface area (Å²) >= 11 is 0. The lowest BCUT2D eigenvalue weighted by molar-refractivity contribution is -0.117. The molecule has 1 aromatic carbocycles. The number of carbonyl (C=O) groups is 1. The van der Waals surface area contributed by atoms with Gasteiger partial charge in [0.15, 0.2) is 5.96 Å². The molecule has 1 aliphatic heterocycles. The van der Waals surface area contributed by atoms with Crippen LogP contribution in [-0.2, 0) is 17.9 Å². The van der Waals surface area contributed by atoms with E-state index in [9.17, 15) is 4.79 Å². The summed E-state index contributed by atoms with van der Waals surface area (Å²) in [5.41, 5.74) is 2.14. The summed E-state index contributed by atoms with van der Waals surface area (Å²) in [6, 6.07) is 10.1. The molecule has 1 aromatic heterocycles. The molecule has 0 spiro atoms. The third-order valence-electron chi connectivity index (χ3n) is 4.42. The fourth-order valence-electron chi connectivity index (χ4n) is 3.00. The highest BCUT2D eigenvalue weighted by molar-refractivity contribution is 5.95. The van der Waals surface area contributed by atoms with Crippen LogP contribution in [0.25, 0.3) is 0 Å². The molecule has 7 nitrogen and oxygen atoms in total. The van der Waals surface area contributed by atoms with Crippen molar-refractivity contribution in [1.82, 2.24) is 20.4 Å². The number of nitrogens with one attached hydrogen (secondary N) is 2. The zero-order valence-corrected chi connectivity index (χ0v) is 15.2. The number of anilines is 1. The van der Waals surface area contributed by atoms with E-state index in [1.165, 1.54) is 0 Å². The molecule has 0 saturated carbocycles. The molecule has 0 aliphatic carbocycles. The Hall–Kier alpha value is -2.83. The van der Waals surface area contributed by atoms with Gasteiger partial charge in [-0.1, -0.05) is 12.1 Å². The van der Waals surface area contributed by atoms with Crippen molar-refractivity contribution in [3.8, 4) is 0 Å². The average Bonchev–Trinajstić information content (AvgIpc) is 3.33. The Kier molecular flexibility index (Phi) is 6.24. The van der Waals surface area contributed by atoms with E-state index in [1.807, 2.05) is 34.0 Å². The molecule has 1 saturated heterocycles. The van der Waals surface area contributed by atoms with Crippen LogP contribution in [0.15, 0.2) is 47.7 Å². The lowest BCUT2D eigenvalue weighted by Crippen LogP contribution is -2.37. The molecule has 3 rings (SSSR count). The summed E-state index contributed by atoms with van der Waals surface area (Å²) in [5, 5.41) is 10.8. The lowest BCUT2D eigenvalue weighted by Gasteiger charge is -2.16. The molecule has 1 fully saturated rings. The van der Waals surface area contributed by atoms with Crippen molar-refractivity contribution < 1.29 is 4.79 Å². The minimum absolute atomic E-state index is 0.218. The molecule has 2 N–H and O–H groups in total. The second-order valence-corrected chi connectivity index (χ2v) is 6.29. The average molecular weight is 354 g/mol. The predicted molar refractivity (Wildman–Crippen MR) is 103 cm³/mol. The Morgan fingerprint density at radius 1 is 1.27 bits per heavy atom. The lowest BCUT2D eigenvalue weighted by atomic mass is 10.2. The number of aromatic nitrogens is 2. The Morgan fingerprint density at radius 3 is 2.77 bits per heavy atom. The first-order valence-electron chi connectivity index (χ1n) is 9.07. The molecular formula is C19H26N6O. The van der Waals surface area contributed by atoms with E-state index in [0.717, 1.165) is 49.7 Å². The van der Waals surface area contributed by atoms with E-state index in [4.69, 9.17) is 0 Å². The number of aliphatic imine (C=N–C) groups is 1. The maximum Gasteiger partial charge on any atom is 0.227 e. The van der Waals surface area contributed by atoms with Crippen LogP contribution in [0.2, 0.25) is 0 Å². The van der Waals surface area contributed by atoms with Crippen LogP contribution in [-0.4, -0.2) is 41.8 Å². The van der Waals surface area contributed by atoms with Crippen molar-refractivity contribution >= 4 is 17.6 Å². The molecule has 2 heterocycles. The monoisotopic (exact) mass is 354 g/mol. The number of hydrogen-bond donors (Lipinski definition) is 2. The number of nitrogens with zero attached hydrogens (tertiary/aromatic N) is 4. The second kappa shape index (κ2) is 9.03. The molecule has 26 heavy (non-hydrogen) atoms. The van der Waals surface area contributed by atoms with Gasteiger partial charge in [-0.05, 0) is 36.6 Å². The fraction of sp³-hybridized carbons (Fsp3) is 0.421. The molecule has 7 heteroatoms.